The summed E-state index contributed by atoms with van der Waals surface area (Å²) in [7, 11) is 0. The SMILES string of the molecule is CCN(C(=O)C(Oc1cc(C=O)ccc1OCCc1ccccc1)c1ccccc1)C1CCCCC1. The lowest BCUT2D eigenvalue weighted by atomic mass is 9.93. The second-order valence-electron chi connectivity index (χ2n) is 9.23. The molecule has 1 aliphatic carbocycles. The van der Waals surface area contributed by atoms with Crippen molar-refractivity contribution in [3.8, 4) is 11.5 Å². The maximum atomic E-state index is 13.9. The number of carbonyl (C=O) groups excluding carboxylic acids is 2. The molecule has 1 amide bonds. The molecule has 4 rings (SSSR count). The fourth-order valence-electron chi connectivity index (χ4n) is 4.89. The quantitative estimate of drug-likeness (QED) is 0.294. The first-order chi connectivity index (χ1) is 17.7. The third-order valence-electron chi connectivity index (χ3n) is 6.81. The van der Waals surface area contributed by atoms with Crippen molar-refractivity contribution in [2.45, 2.75) is 57.6 Å². The van der Waals surface area contributed by atoms with Crippen molar-refractivity contribution in [2.24, 2.45) is 0 Å². The van der Waals surface area contributed by atoms with E-state index in [1.165, 1.54) is 12.0 Å². The molecule has 5 nitrogen and oxygen atoms in total. The van der Waals surface area contributed by atoms with Crippen LogP contribution in [0.15, 0.2) is 78.9 Å². The van der Waals surface area contributed by atoms with Gasteiger partial charge in [-0.3, -0.25) is 9.59 Å². The summed E-state index contributed by atoms with van der Waals surface area (Å²) >= 11 is 0. The van der Waals surface area contributed by atoms with Gasteiger partial charge in [-0.25, -0.2) is 0 Å². The Morgan fingerprint density at radius 1 is 0.944 bits per heavy atom. The molecule has 188 valence electrons. The molecule has 0 aromatic heterocycles. The zero-order valence-electron chi connectivity index (χ0n) is 21.0. The molecule has 1 saturated carbocycles. The van der Waals surface area contributed by atoms with Gasteiger partial charge < -0.3 is 14.4 Å². The van der Waals surface area contributed by atoms with E-state index in [1.807, 2.05) is 60.4 Å². The Kier molecular flexibility index (Phi) is 9.15. The number of hydrogen-bond donors (Lipinski definition) is 0. The fourth-order valence-corrected chi connectivity index (χ4v) is 4.89. The topological polar surface area (TPSA) is 55.8 Å². The van der Waals surface area contributed by atoms with Gasteiger partial charge >= 0.3 is 0 Å². The van der Waals surface area contributed by atoms with Crippen LogP contribution in [0.25, 0.3) is 0 Å². The molecule has 1 atom stereocenters. The smallest absolute Gasteiger partial charge is 0.268 e. The average molecular weight is 486 g/mol. The number of benzene rings is 3. The third kappa shape index (κ3) is 6.54. The molecular weight excluding hydrogens is 450 g/mol. The Morgan fingerprint density at radius 2 is 1.64 bits per heavy atom. The van der Waals surface area contributed by atoms with Gasteiger partial charge in [0.2, 0.25) is 6.10 Å². The Labute approximate surface area is 214 Å². The lowest BCUT2D eigenvalue weighted by molar-refractivity contribution is -0.142. The largest absolute Gasteiger partial charge is 0.489 e. The summed E-state index contributed by atoms with van der Waals surface area (Å²) in [4.78, 5) is 27.5. The zero-order chi connectivity index (χ0) is 25.2. The van der Waals surface area contributed by atoms with Crippen molar-refractivity contribution in [1.29, 1.82) is 0 Å². The number of hydrogen-bond acceptors (Lipinski definition) is 4. The number of aldehydes is 1. The highest BCUT2D eigenvalue weighted by atomic mass is 16.5. The van der Waals surface area contributed by atoms with Crippen molar-refractivity contribution >= 4 is 12.2 Å². The number of nitrogens with zero attached hydrogens (tertiary/aromatic N) is 1. The van der Waals surface area contributed by atoms with Crippen LogP contribution in [0.5, 0.6) is 11.5 Å². The minimum absolute atomic E-state index is 0.0534. The molecule has 1 aliphatic rings. The minimum Gasteiger partial charge on any atom is -0.489 e. The van der Waals surface area contributed by atoms with Gasteiger partial charge in [0.25, 0.3) is 5.91 Å². The molecule has 0 aliphatic heterocycles. The number of rotatable bonds is 11. The molecule has 0 N–H and O–H groups in total. The molecule has 1 fully saturated rings. The first kappa shape index (κ1) is 25.5. The Morgan fingerprint density at radius 3 is 2.31 bits per heavy atom. The molecule has 0 saturated heterocycles. The van der Waals surface area contributed by atoms with Crippen molar-refractivity contribution in [2.75, 3.05) is 13.2 Å². The normalized spacial score (nSPS) is 14.6. The van der Waals surface area contributed by atoms with Gasteiger partial charge in [0.15, 0.2) is 11.5 Å². The third-order valence-corrected chi connectivity index (χ3v) is 6.81. The standard InChI is InChI=1S/C31H35NO4/c1-2-32(27-16-10-5-11-17-27)31(34)30(26-14-8-4-9-15-26)36-29-22-25(23-33)18-19-28(29)35-21-20-24-12-6-3-7-13-24/h3-4,6-9,12-15,18-19,22-23,27,30H,2,5,10-11,16-17,20-21H2,1H3. The number of likely N-dealkylation sites (N-methyl/N-ethyl adjacent to an activating group) is 1. The molecule has 0 bridgehead atoms. The van der Waals surface area contributed by atoms with Gasteiger partial charge in [-0.2, -0.15) is 0 Å². The predicted molar refractivity (Wildman–Crippen MR) is 142 cm³/mol. The van der Waals surface area contributed by atoms with Crippen LogP contribution in [-0.4, -0.2) is 36.3 Å². The monoisotopic (exact) mass is 485 g/mol. The lowest BCUT2D eigenvalue weighted by Gasteiger charge is -2.36. The van der Waals surface area contributed by atoms with E-state index in [-0.39, 0.29) is 11.9 Å². The van der Waals surface area contributed by atoms with Gasteiger partial charge in [0, 0.05) is 30.1 Å². The molecule has 5 heteroatoms. The van der Waals surface area contributed by atoms with Crippen LogP contribution < -0.4 is 9.47 Å². The summed E-state index contributed by atoms with van der Waals surface area (Å²) in [6, 6.07) is 25.0. The highest BCUT2D eigenvalue weighted by molar-refractivity contribution is 5.83. The van der Waals surface area contributed by atoms with E-state index in [0.29, 0.717) is 30.2 Å². The second-order valence-corrected chi connectivity index (χ2v) is 9.23. The number of carbonyl (C=O) groups is 2. The van der Waals surface area contributed by atoms with Crippen LogP contribution in [0.1, 0.15) is 66.6 Å². The molecule has 0 radical (unpaired) electrons. The summed E-state index contributed by atoms with van der Waals surface area (Å²) in [5, 5.41) is 0. The second kappa shape index (κ2) is 12.9. The van der Waals surface area contributed by atoms with Crippen molar-refractivity contribution in [3.63, 3.8) is 0 Å². The minimum atomic E-state index is -0.827. The summed E-state index contributed by atoms with van der Waals surface area (Å²) < 4.78 is 12.5. The fraction of sp³-hybridized carbons (Fsp3) is 0.355. The highest BCUT2D eigenvalue weighted by Crippen LogP contribution is 2.34. The number of ether oxygens (including phenoxy) is 2. The zero-order valence-corrected chi connectivity index (χ0v) is 21.0. The van der Waals surface area contributed by atoms with Gasteiger partial charge in [-0.1, -0.05) is 79.9 Å². The van der Waals surface area contributed by atoms with Gasteiger partial charge in [0.05, 0.1) is 6.61 Å². The average Bonchev–Trinajstić information content (AvgIpc) is 2.94. The van der Waals surface area contributed by atoms with E-state index < -0.39 is 6.10 Å². The predicted octanol–water partition coefficient (Wildman–Crippen LogP) is 6.42. The highest BCUT2D eigenvalue weighted by Gasteiger charge is 2.32. The number of amides is 1. The first-order valence-electron chi connectivity index (χ1n) is 13.0. The van der Waals surface area contributed by atoms with Crippen LogP contribution in [0, 0.1) is 0 Å². The molecular formula is C31H35NO4. The maximum Gasteiger partial charge on any atom is 0.268 e. The van der Waals surface area contributed by atoms with Crippen LogP contribution in [0.3, 0.4) is 0 Å². The van der Waals surface area contributed by atoms with Crippen molar-refractivity contribution in [1.82, 2.24) is 4.90 Å². The van der Waals surface area contributed by atoms with Crippen LogP contribution in [0.4, 0.5) is 0 Å². The molecule has 3 aromatic rings. The van der Waals surface area contributed by atoms with Crippen molar-refractivity contribution in [3.05, 3.63) is 95.6 Å². The Balaban J connectivity index is 1.59. The van der Waals surface area contributed by atoms with E-state index in [9.17, 15) is 9.59 Å². The summed E-state index contributed by atoms with van der Waals surface area (Å²) in [6.07, 6.45) is 6.25. The van der Waals surface area contributed by atoms with E-state index >= 15 is 0 Å². The van der Waals surface area contributed by atoms with E-state index in [1.54, 1.807) is 18.2 Å². The summed E-state index contributed by atoms with van der Waals surface area (Å²) in [6.45, 7) is 3.11. The molecule has 3 aromatic carbocycles. The van der Waals surface area contributed by atoms with Gasteiger partial charge in [-0.15, -0.1) is 0 Å². The Bertz CT molecular complexity index is 1110. The van der Waals surface area contributed by atoms with Gasteiger partial charge in [0.1, 0.15) is 6.29 Å². The van der Waals surface area contributed by atoms with E-state index in [0.717, 1.165) is 44.0 Å². The summed E-state index contributed by atoms with van der Waals surface area (Å²) in [5.74, 6) is 0.864. The summed E-state index contributed by atoms with van der Waals surface area (Å²) in [5.41, 5.74) is 2.43. The Hall–Kier alpha value is -3.60. The van der Waals surface area contributed by atoms with E-state index in [2.05, 4.69) is 12.1 Å². The first-order valence-corrected chi connectivity index (χ1v) is 13.0. The van der Waals surface area contributed by atoms with Gasteiger partial charge in [-0.05, 0) is 43.5 Å². The van der Waals surface area contributed by atoms with E-state index in [4.69, 9.17) is 9.47 Å². The van der Waals surface area contributed by atoms with Crippen LogP contribution in [-0.2, 0) is 11.2 Å². The van der Waals surface area contributed by atoms with Crippen molar-refractivity contribution < 1.29 is 19.1 Å². The maximum absolute atomic E-state index is 13.9. The lowest BCUT2D eigenvalue weighted by Crippen LogP contribution is -2.45. The van der Waals surface area contributed by atoms with Crippen LogP contribution in [0.2, 0.25) is 0 Å². The molecule has 1 unspecified atom stereocenters. The molecule has 0 spiro atoms. The van der Waals surface area contributed by atoms with Crippen LogP contribution >= 0.6 is 0 Å². The molecule has 0 heterocycles. The molecule has 36 heavy (non-hydrogen) atoms.